The summed E-state index contributed by atoms with van der Waals surface area (Å²) in [5.74, 6) is 0.198. The zero-order chi connectivity index (χ0) is 14.5. The molecule has 1 N–H and O–H groups in total. The quantitative estimate of drug-likeness (QED) is 0.908. The number of H-pyrrole nitrogens is 1. The van der Waals surface area contributed by atoms with Gasteiger partial charge in [0, 0.05) is 6.54 Å². The number of hydrogen-bond donors (Lipinski definition) is 1. The van der Waals surface area contributed by atoms with Crippen LogP contribution in [0.2, 0.25) is 0 Å². The van der Waals surface area contributed by atoms with Crippen molar-refractivity contribution < 1.29 is 4.74 Å². The van der Waals surface area contributed by atoms with Crippen LogP contribution in [-0.2, 0) is 6.54 Å². The Balaban J connectivity index is 2.23. The Labute approximate surface area is 116 Å². The number of aromatic nitrogens is 2. The van der Waals surface area contributed by atoms with Crippen LogP contribution in [-0.4, -0.2) is 9.55 Å². The molecule has 0 unspecified atom stereocenters. The number of aromatic amines is 1. The Morgan fingerprint density at radius 3 is 2.55 bits per heavy atom. The molecule has 0 saturated carbocycles. The molecule has 0 amide bonds. The fourth-order valence-electron chi connectivity index (χ4n) is 1.98. The van der Waals surface area contributed by atoms with Crippen molar-refractivity contribution in [3.8, 4) is 5.88 Å². The van der Waals surface area contributed by atoms with Crippen molar-refractivity contribution in [1.29, 1.82) is 0 Å². The number of rotatable bonds is 5. The lowest BCUT2D eigenvalue weighted by Gasteiger charge is -2.14. The van der Waals surface area contributed by atoms with Crippen LogP contribution >= 0.6 is 0 Å². The molecule has 0 fully saturated rings. The van der Waals surface area contributed by atoms with E-state index in [1.54, 1.807) is 0 Å². The molecule has 2 rings (SSSR count). The molecule has 1 heterocycles. The molecule has 106 valence electrons. The summed E-state index contributed by atoms with van der Waals surface area (Å²) >= 11 is 0. The van der Waals surface area contributed by atoms with Gasteiger partial charge in [0.05, 0.1) is 6.07 Å². The Bertz CT molecular complexity index is 642. The first-order chi connectivity index (χ1) is 9.61. The van der Waals surface area contributed by atoms with Crippen LogP contribution < -0.4 is 16.0 Å². The molecule has 0 aliphatic heterocycles. The van der Waals surface area contributed by atoms with Gasteiger partial charge in [0.2, 0.25) is 5.88 Å². The van der Waals surface area contributed by atoms with Gasteiger partial charge in [-0.1, -0.05) is 37.3 Å². The molecule has 0 radical (unpaired) electrons. The third kappa shape index (κ3) is 3.17. The van der Waals surface area contributed by atoms with Crippen molar-refractivity contribution >= 4 is 0 Å². The summed E-state index contributed by atoms with van der Waals surface area (Å²) in [4.78, 5) is 26.2. The second-order valence-electron chi connectivity index (χ2n) is 4.60. The highest BCUT2D eigenvalue weighted by molar-refractivity contribution is 5.18. The molecule has 2 aromatic rings. The Hall–Kier alpha value is -2.30. The highest BCUT2D eigenvalue weighted by Crippen LogP contribution is 2.17. The molecule has 20 heavy (non-hydrogen) atoms. The Morgan fingerprint density at radius 2 is 1.95 bits per heavy atom. The maximum Gasteiger partial charge on any atom is 0.331 e. The van der Waals surface area contributed by atoms with Crippen molar-refractivity contribution in [2.75, 3.05) is 0 Å². The molecule has 0 bridgehead atoms. The lowest BCUT2D eigenvalue weighted by atomic mass is 10.1. The average molecular weight is 274 g/mol. The topological polar surface area (TPSA) is 64.1 Å². The zero-order valence-electron chi connectivity index (χ0n) is 11.6. The van der Waals surface area contributed by atoms with Crippen LogP contribution in [0.3, 0.4) is 0 Å². The number of ether oxygens (including phenoxy) is 1. The van der Waals surface area contributed by atoms with E-state index in [0.717, 1.165) is 12.0 Å². The molecule has 1 aromatic heterocycles. The highest BCUT2D eigenvalue weighted by atomic mass is 16.5. The van der Waals surface area contributed by atoms with E-state index in [0.29, 0.717) is 6.54 Å². The molecular weight excluding hydrogens is 256 g/mol. The van der Waals surface area contributed by atoms with Gasteiger partial charge in [-0.05, 0) is 18.9 Å². The molecule has 1 atom stereocenters. The number of benzene rings is 1. The van der Waals surface area contributed by atoms with Crippen LogP contribution in [0.5, 0.6) is 5.88 Å². The van der Waals surface area contributed by atoms with Gasteiger partial charge in [-0.2, -0.15) is 0 Å². The maximum atomic E-state index is 11.8. The Morgan fingerprint density at radius 1 is 1.25 bits per heavy atom. The van der Waals surface area contributed by atoms with Crippen molar-refractivity contribution in [1.82, 2.24) is 9.55 Å². The molecular formula is C15H18N2O3. The number of nitrogens with zero attached hydrogens (tertiary/aromatic N) is 1. The maximum absolute atomic E-state index is 11.8. The van der Waals surface area contributed by atoms with E-state index in [4.69, 9.17) is 4.74 Å². The SMILES string of the molecule is CCCn1c(=O)cc(O[C@@H](C)c2ccccc2)[nH]c1=O. The van der Waals surface area contributed by atoms with Gasteiger partial charge in [-0.25, -0.2) is 4.79 Å². The summed E-state index contributed by atoms with van der Waals surface area (Å²) in [6.45, 7) is 4.18. The van der Waals surface area contributed by atoms with Crippen molar-refractivity contribution in [3.05, 3.63) is 62.8 Å². The van der Waals surface area contributed by atoms with E-state index < -0.39 is 5.69 Å². The van der Waals surface area contributed by atoms with Gasteiger partial charge in [-0.15, -0.1) is 0 Å². The van der Waals surface area contributed by atoms with Gasteiger partial charge in [-0.3, -0.25) is 14.3 Å². The van der Waals surface area contributed by atoms with Crippen LogP contribution in [0.25, 0.3) is 0 Å². The molecule has 0 aliphatic carbocycles. The van der Waals surface area contributed by atoms with Gasteiger partial charge in [0.15, 0.2) is 0 Å². The molecule has 5 heteroatoms. The first kappa shape index (κ1) is 14.1. The monoisotopic (exact) mass is 274 g/mol. The first-order valence-electron chi connectivity index (χ1n) is 6.67. The van der Waals surface area contributed by atoms with E-state index in [1.165, 1.54) is 10.6 Å². The van der Waals surface area contributed by atoms with E-state index >= 15 is 0 Å². The summed E-state index contributed by atoms with van der Waals surface area (Å²) < 4.78 is 6.79. The number of hydrogen-bond acceptors (Lipinski definition) is 3. The normalized spacial score (nSPS) is 12.1. The summed E-state index contributed by atoms with van der Waals surface area (Å²) in [6.07, 6.45) is 0.483. The average Bonchev–Trinajstić information content (AvgIpc) is 2.44. The smallest absolute Gasteiger partial charge is 0.331 e. The largest absolute Gasteiger partial charge is 0.471 e. The summed E-state index contributed by atoms with van der Waals surface area (Å²) in [5, 5.41) is 0. The van der Waals surface area contributed by atoms with Gasteiger partial charge >= 0.3 is 5.69 Å². The fourth-order valence-corrected chi connectivity index (χ4v) is 1.98. The molecule has 1 aromatic carbocycles. The second-order valence-corrected chi connectivity index (χ2v) is 4.60. The van der Waals surface area contributed by atoms with Crippen LogP contribution in [0.1, 0.15) is 31.9 Å². The fraction of sp³-hybridized carbons (Fsp3) is 0.333. The zero-order valence-corrected chi connectivity index (χ0v) is 11.6. The van der Waals surface area contributed by atoms with Gasteiger partial charge in [0.1, 0.15) is 6.10 Å². The first-order valence-corrected chi connectivity index (χ1v) is 6.67. The molecule has 5 nitrogen and oxygen atoms in total. The predicted octanol–water partition coefficient (Wildman–Crippen LogP) is 2.09. The Kier molecular flexibility index (Phi) is 4.40. The predicted molar refractivity (Wildman–Crippen MR) is 77.1 cm³/mol. The summed E-state index contributed by atoms with van der Waals surface area (Å²) in [7, 11) is 0. The van der Waals surface area contributed by atoms with Crippen molar-refractivity contribution in [2.45, 2.75) is 32.9 Å². The second kappa shape index (κ2) is 6.23. The third-order valence-electron chi connectivity index (χ3n) is 3.02. The van der Waals surface area contributed by atoms with E-state index in [9.17, 15) is 9.59 Å². The number of nitrogens with one attached hydrogen (secondary N) is 1. The minimum absolute atomic E-state index is 0.198. The molecule has 0 aliphatic rings. The highest BCUT2D eigenvalue weighted by Gasteiger charge is 2.09. The van der Waals surface area contributed by atoms with Gasteiger partial charge < -0.3 is 4.74 Å². The van der Waals surface area contributed by atoms with Crippen LogP contribution in [0, 0.1) is 0 Å². The molecule has 0 saturated heterocycles. The van der Waals surface area contributed by atoms with Crippen molar-refractivity contribution in [2.24, 2.45) is 0 Å². The molecule has 0 spiro atoms. The minimum atomic E-state index is -0.436. The lowest BCUT2D eigenvalue weighted by molar-refractivity contribution is 0.215. The summed E-state index contributed by atoms with van der Waals surface area (Å²) in [5.41, 5.74) is 0.201. The van der Waals surface area contributed by atoms with E-state index in [2.05, 4.69) is 4.98 Å². The van der Waals surface area contributed by atoms with Crippen LogP contribution in [0.4, 0.5) is 0 Å². The third-order valence-corrected chi connectivity index (χ3v) is 3.02. The van der Waals surface area contributed by atoms with E-state index in [-0.39, 0.29) is 17.5 Å². The van der Waals surface area contributed by atoms with Gasteiger partial charge in [0.25, 0.3) is 5.56 Å². The van der Waals surface area contributed by atoms with Crippen molar-refractivity contribution in [3.63, 3.8) is 0 Å². The van der Waals surface area contributed by atoms with Crippen LogP contribution in [0.15, 0.2) is 46.0 Å². The lowest BCUT2D eigenvalue weighted by Crippen LogP contribution is -2.34. The van der Waals surface area contributed by atoms with E-state index in [1.807, 2.05) is 44.2 Å². The standard InChI is InChI=1S/C15H18N2O3/c1-3-9-17-14(18)10-13(16-15(17)19)20-11(2)12-7-5-4-6-8-12/h4-8,10-11H,3,9H2,1-2H3,(H,16,19)/t11-/m0/s1. The minimum Gasteiger partial charge on any atom is -0.471 e. The summed E-state index contributed by atoms with van der Waals surface area (Å²) in [6, 6.07) is 10.9.